The Morgan fingerprint density at radius 1 is 1.18 bits per heavy atom. The van der Waals surface area contributed by atoms with Gasteiger partial charge in [0.25, 0.3) is 0 Å². The van der Waals surface area contributed by atoms with Gasteiger partial charge in [-0.25, -0.2) is 0 Å². The minimum atomic E-state index is 0.0176. The first kappa shape index (κ1) is 16.4. The van der Waals surface area contributed by atoms with E-state index >= 15 is 0 Å². The number of carbonyl (C=O) groups excluding carboxylic acids is 1. The van der Waals surface area contributed by atoms with Crippen LogP contribution in [-0.4, -0.2) is 29.9 Å². The van der Waals surface area contributed by atoms with Crippen molar-refractivity contribution < 1.29 is 4.79 Å². The van der Waals surface area contributed by atoms with Crippen molar-refractivity contribution in [1.29, 1.82) is 0 Å². The van der Waals surface area contributed by atoms with Crippen LogP contribution in [0.15, 0.2) is 0 Å². The Kier molecular flexibility index (Phi) is 9.14. The molecule has 0 aromatic carbocycles. The van der Waals surface area contributed by atoms with Crippen molar-refractivity contribution >= 4 is 5.91 Å². The van der Waals surface area contributed by atoms with Gasteiger partial charge in [0.15, 0.2) is 0 Å². The van der Waals surface area contributed by atoms with Crippen LogP contribution < -0.4 is 5.73 Å². The van der Waals surface area contributed by atoms with E-state index in [1.807, 2.05) is 4.90 Å². The van der Waals surface area contributed by atoms with Crippen LogP contribution in [0.4, 0.5) is 0 Å². The van der Waals surface area contributed by atoms with E-state index in [1.54, 1.807) is 0 Å². The summed E-state index contributed by atoms with van der Waals surface area (Å²) in [6.07, 6.45) is 5.41. The summed E-state index contributed by atoms with van der Waals surface area (Å²) in [4.78, 5) is 14.3. The molecule has 0 aromatic heterocycles. The number of amides is 1. The van der Waals surface area contributed by atoms with Crippen LogP contribution in [-0.2, 0) is 4.79 Å². The molecule has 3 nitrogen and oxygen atoms in total. The molecule has 102 valence electrons. The van der Waals surface area contributed by atoms with E-state index in [4.69, 9.17) is 5.73 Å². The summed E-state index contributed by atoms with van der Waals surface area (Å²) in [5, 5.41) is 0. The van der Waals surface area contributed by atoms with E-state index in [2.05, 4.69) is 27.7 Å². The van der Waals surface area contributed by atoms with Crippen molar-refractivity contribution in [2.24, 2.45) is 11.7 Å². The van der Waals surface area contributed by atoms with Gasteiger partial charge in [-0.1, -0.05) is 33.1 Å². The molecule has 0 heterocycles. The SMILES string of the molecule is CCCCCN(C(=O)C(CN)CCC)C(C)C. The summed E-state index contributed by atoms with van der Waals surface area (Å²) >= 11 is 0. The average molecular weight is 242 g/mol. The van der Waals surface area contributed by atoms with E-state index in [1.165, 1.54) is 12.8 Å². The Labute approximate surface area is 107 Å². The molecule has 1 unspecified atom stereocenters. The first-order valence-electron chi connectivity index (χ1n) is 7.08. The number of hydrogen-bond acceptors (Lipinski definition) is 2. The molecular formula is C14H30N2O. The second-order valence-electron chi connectivity index (χ2n) is 5.05. The zero-order chi connectivity index (χ0) is 13.3. The normalized spacial score (nSPS) is 12.8. The van der Waals surface area contributed by atoms with Crippen LogP contribution in [0.25, 0.3) is 0 Å². The minimum absolute atomic E-state index is 0.0176. The first-order chi connectivity index (χ1) is 8.08. The largest absolute Gasteiger partial charge is 0.340 e. The Hall–Kier alpha value is -0.570. The number of nitrogens with zero attached hydrogens (tertiary/aromatic N) is 1. The third kappa shape index (κ3) is 6.06. The molecule has 0 aliphatic rings. The number of nitrogens with two attached hydrogens (primary N) is 1. The van der Waals surface area contributed by atoms with Crippen molar-refractivity contribution in [3.63, 3.8) is 0 Å². The second-order valence-corrected chi connectivity index (χ2v) is 5.05. The van der Waals surface area contributed by atoms with Crippen LogP contribution in [0, 0.1) is 5.92 Å². The molecule has 3 heteroatoms. The number of unbranched alkanes of at least 4 members (excludes halogenated alkanes) is 2. The maximum atomic E-state index is 12.3. The fourth-order valence-electron chi connectivity index (χ4n) is 2.08. The second kappa shape index (κ2) is 9.46. The lowest BCUT2D eigenvalue weighted by Crippen LogP contribution is -2.43. The topological polar surface area (TPSA) is 46.3 Å². The van der Waals surface area contributed by atoms with Crippen molar-refractivity contribution in [3.05, 3.63) is 0 Å². The summed E-state index contributed by atoms with van der Waals surface area (Å²) in [5.41, 5.74) is 5.71. The van der Waals surface area contributed by atoms with Gasteiger partial charge in [0.1, 0.15) is 0 Å². The summed E-state index contributed by atoms with van der Waals surface area (Å²) in [6.45, 7) is 9.81. The van der Waals surface area contributed by atoms with E-state index in [-0.39, 0.29) is 17.9 Å². The highest BCUT2D eigenvalue weighted by Crippen LogP contribution is 2.13. The maximum Gasteiger partial charge on any atom is 0.227 e. The van der Waals surface area contributed by atoms with Gasteiger partial charge in [0.2, 0.25) is 5.91 Å². The molecule has 0 fully saturated rings. The zero-order valence-electron chi connectivity index (χ0n) is 12.0. The number of hydrogen-bond donors (Lipinski definition) is 1. The lowest BCUT2D eigenvalue weighted by Gasteiger charge is -2.30. The summed E-state index contributed by atoms with van der Waals surface area (Å²) in [6, 6.07) is 0.283. The average Bonchev–Trinajstić information content (AvgIpc) is 2.30. The molecule has 0 aliphatic carbocycles. The summed E-state index contributed by atoms with van der Waals surface area (Å²) in [5.74, 6) is 0.268. The van der Waals surface area contributed by atoms with Gasteiger partial charge >= 0.3 is 0 Å². The van der Waals surface area contributed by atoms with E-state index < -0.39 is 0 Å². The highest BCUT2D eigenvalue weighted by atomic mass is 16.2. The Morgan fingerprint density at radius 3 is 2.24 bits per heavy atom. The third-order valence-corrected chi connectivity index (χ3v) is 3.18. The molecule has 2 N–H and O–H groups in total. The lowest BCUT2D eigenvalue weighted by molar-refractivity contribution is -0.137. The zero-order valence-corrected chi connectivity index (χ0v) is 12.0. The highest BCUT2D eigenvalue weighted by molar-refractivity contribution is 5.79. The molecule has 0 rings (SSSR count). The molecule has 0 bridgehead atoms. The van der Waals surface area contributed by atoms with Gasteiger partial charge in [-0.2, -0.15) is 0 Å². The van der Waals surface area contributed by atoms with Crippen molar-refractivity contribution in [3.8, 4) is 0 Å². The fourth-order valence-corrected chi connectivity index (χ4v) is 2.08. The van der Waals surface area contributed by atoms with Gasteiger partial charge in [-0.3, -0.25) is 4.79 Å². The molecule has 0 radical (unpaired) electrons. The van der Waals surface area contributed by atoms with Crippen LogP contribution in [0.3, 0.4) is 0 Å². The number of rotatable bonds is 9. The van der Waals surface area contributed by atoms with Crippen molar-refractivity contribution in [1.82, 2.24) is 4.90 Å². The maximum absolute atomic E-state index is 12.3. The fraction of sp³-hybridized carbons (Fsp3) is 0.929. The molecule has 0 aromatic rings. The minimum Gasteiger partial charge on any atom is -0.340 e. The van der Waals surface area contributed by atoms with Gasteiger partial charge in [-0.15, -0.1) is 0 Å². The Morgan fingerprint density at radius 2 is 1.82 bits per heavy atom. The molecule has 0 spiro atoms. The molecule has 0 saturated heterocycles. The Bertz CT molecular complexity index is 204. The summed E-state index contributed by atoms with van der Waals surface area (Å²) in [7, 11) is 0. The smallest absolute Gasteiger partial charge is 0.227 e. The van der Waals surface area contributed by atoms with Crippen LogP contribution in [0.1, 0.15) is 59.8 Å². The van der Waals surface area contributed by atoms with Gasteiger partial charge in [-0.05, 0) is 26.7 Å². The quantitative estimate of drug-likeness (QED) is 0.632. The van der Waals surface area contributed by atoms with Crippen molar-refractivity contribution in [2.45, 2.75) is 65.8 Å². The van der Waals surface area contributed by atoms with E-state index in [0.717, 1.165) is 25.8 Å². The third-order valence-electron chi connectivity index (χ3n) is 3.18. The van der Waals surface area contributed by atoms with E-state index in [9.17, 15) is 4.79 Å². The molecule has 0 saturated carbocycles. The Balaban J connectivity index is 4.40. The van der Waals surface area contributed by atoms with Crippen molar-refractivity contribution in [2.75, 3.05) is 13.1 Å². The van der Waals surface area contributed by atoms with Crippen LogP contribution in [0.2, 0.25) is 0 Å². The predicted octanol–water partition coefficient (Wildman–Crippen LogP) is 2.79. The molecule has 1 amide bonds. The predicted molar refractivity (Wildman–Crippen MR) is 73.8 cm³/mol. The summed E-state index contributed by atoms with van der Waals surface area (Å²) < 4.78 is 0. The monoisotopic (exact) mass is 242 g/mol. The standard InChI is InChI=1S/C14H30N2O/c1-5-7-8-10-16(12(3)4)14(17)13(11-15)9-6-2/h12-13H,5-11,15H2,1-4H3. The first-order valence-corrected chi connectivity index (χ1v) is 7.08. The molecular weight excluding hydrogens is 212 g/mol. The lowest BCUT2D eigenvalue weighted by atomic mass is 10.0. The highest BCUT2D eigenvalue weighted by Gasteiger charge is 2.23. The van der Waals surface area contributed by atoms with Gasteiger partial charge < -0.3 is 10.6 Å². The van der Waals surface area contributed by atoms with Crippen LogP contribution in [0.5, 0.6) is 0 Å². The van der Waals surface area contributed by atoms with Gasteiger partial charge in [0, 0.05) is 19.1 Å². The molecule has 17 heavy (non-hydrogen) atoms. The molecule has 1 atom stereocenters. The number of carbonyl (C=O) groups is 1. The molecule has 0 aliphatic heterocycles. The van der Waals surface area contributed by atoms with Crippen LogP contribution >= 0.6 is 0 Å². The van der Waals surface area contributed by atoms with E-state index in [0.29, 0.717) is 6.54 Å². The van der Waals surface area contributed by atoms with Gasteiger partial charge in [0.05, 0.1) is 5.92 Å².